The van der Waals surface area contributed by atoms with E-state index in [1.807, 2.05) is 6.92 Å². The van der Waals surface area contributed by atoms with Crippen molar-refractivity contribution >= 4 is 5.91 Å². The third kappa shape index (κ3) is 2.23. The van der Waals surface area contributed by atoms with Gasteiger partial charge in [0.1, 0.15) is 0 Å². The van der Waals surface area contributed by atoms with Crippen LogP contribution in [0.3, 0.4) is 0 Å². The van der Waals surface area contributed by atoms with Gasteiger partial charge < -0.3 is 15.0 Å². The highest BCUT2D eigenvalue weighted by Gasteiger charge is 2.37. The van der Waals surface area contributed by atoms with Crippen LogP contribution >= 0.6 is 0 Å². The van der Waals surface area contributed by atoms with E-state index in [0.717, 1.165) is 39.1 Å². The maximum absolute atomic E-state index is 12.4. The van der Waals surface area contributed by atoms with Gasteiger partial charge in [0.2, 0.25) is 5.91 Å². The van der Waals surface area contributed by atoms with Crippen LogP contribution in [0.2, 0.25) is 0 Å². The predicted octanol–water partition coefficient (Wildman–Crippen LogP) is 0.622. The van der Waals surface area contributed by atoms with E-state index in [-0.39, 0.29) is 12.0 Å². The van der Waals surface area contributed by atoms with Crippen molar-refractivity contribution in [2.75, 3.05) is 26.2 Å². The molecule has 2 saturated heterocycles. The van der Waals surface area contributed by atoms with Crippen LogP contribution in [-0.2, 0) is 9.53 Å². The normalized spacial score (nSPS) is 30.1. The van der Waals surface area contributed by atoms with Crippen LogP contribution in [0.25, 0.3) is 0 Å². The van der Waals surface area contributed by atoms with Gasteiger partial charge in [-0.15, -0.1) is 0 Å². The van der Waals surface area contributed by atoms with Crippen LogP contribution < -0.4 is 5.32 Å². The van der Waals surface area contributed by atoms with E-state index in [1.165, 1.54) is 0 Å². The molecule has 2 fully saturated rings. The zero-order valence-electron chi connectivity index (χ0n) is 10.2. The number of ether oxygens (including phenoxy) is 1. The molecule has 2 heterocycles. The quantitative estimate of drug-likeness (QED) is 0.764. The number of hydrogen-bond acceptors (Lipinski definition) is 3. The Kier molecular flexibility index (Phi) is 3.82. The van der Waals surface area contributed by atoms with E-state index in [0.29, 0.717) is 11.9 Å². The largest absolute Gasteiger partial charge is 0.378 e. The standard InChI is InChI=1S/C12H22N2O2/c1-3-5-14(10-7-13-8-10)12(15)11-4-6-16-9(11)2/h9-11,13H,3-8H2,1-2H3. The van der Waals surface area contributed by atoms with E-state index in [2.05, 4.69) is 17.1 Å². The first-order valence-corrected chi connectivity index (χ1v) is 6.36. The molecule has 4 nitrogen and oxygen atoms in total. The molecule has 2 aliphatic rings. The highest BCUT2D eigenvalue weighted by molar-refractivity contribution is 5.80. The van der Waals surface area contributed by atoms with Gasteiger partial charge in [0, 0.05) is 26.2 Å². The fourth-order valence-corrected chi connectivity index (χ4v) is 2.48. The summed E-state index contributed by atoms with van der Waals surface area (Å²) in [6.45, 7) is 7.66. The third-order valence-corrected chi connectivity index (χ3v) is 3.64. The fraction of sp³-hybridized carbons (Fsp3) is 0.917. The molecule has 2 unspecified atom stereocenters. The van der Waals surface area contributed by atoms with Gasteiger partial charge in [-0.1, -0.05) is 6.92 Å². The van der Waals surface area contributed by atoms with Gasteiger partial charge in [0.25, 0.3) is 0 Å². The minimum atomic E-state index is 0.0900. The van der Waals surface area contributed by atoms with Crippen molar-refractivity contribution in [1.82, 2.24) is 10.2 Å². The second-order valence-corrected chi connectivity index (χ2v) is 4.81. The molecule has 1 amide bonds. The minimum absolute atomic E-state index is 0.0900. The second kappa shape index (κ2) is 5.15. The van der Waals surface area contributed by atoms with Crippen molar-refractivity contribution in [3.63, 3.8) is 0 Å². The molecule has 0 aromatic heterocycles. The van der Waals surface area contributed by atoms with Gasteiger partial charge in [-0.25, -0.2) is 0 Å². The Morgan fingerprint density at radius 1 is 1.50 bits per heavy atom. The molecule has 2 aliphatic heterocycles. The lowest BCUT2D eigenvalue weighted by Crippen LogP contribution is -2.60. The molecule has 0 radical (unpaired) electrons. The number of rotatable bonds is 4. The molecule has 0 saturated carbocycles. The molecule has 1 N–H and O–H groups in total. The SMILES string of the molecule is CCCN(C(=O)C1CCOC1C)C1CNC1. The summed E-state index contributed by atoms with van der Waals surface area (Å²) in [5, 5.41) is 3.23. The summed E-state index contributed by atoms with van der Waals surface area (Å²) in [6, 6.07) is 0.417. The van der Waals surface area contributed by atoms with Gasteiger partial charge in [0.15, 0.2) is 0 Å². The first kappa shape index (κ1) is 11.9. The molecule has 0 aromatic rings. The van der Waals surface area contributed by atoms with Crippen molar-refractivity contribution in [1.29, 1.82) is 0 Å². The van der Waals surface area contributed by atoms with Crippen LogP contribution in [-0.4, -0.2) is 49.2 Å². The molecule has 16 heavy (non-hydrogen) atoms. The number of hydrogen-bond donors (Lipinski definition) is 1. The van der Waals surface area contributed by atoms with Gasteiger partial charge in [-0.3, -0.25) is 4.79 Å². The van der Waals surface area contributed by atoms with Gasteiger partial charge in [-0.05, 0) is 19.8 Å². The van der Waals surface area contributed by atoms with Gasteiger partial charge in [-0.2, -0.15) is 0 Å². The molecular formula is C12H22N2O2. The number of carbonyl (C=O) groups excluding carboxylic acids is 1. The summed E-state index contributed by atoms with van der Waals surface area (Å²) in [4.78, 5) is 14.5. The Bertz CT molecular complexity index is 253. The van der Waals surface area contributed by atoms with Crippen LogP contribution in [0.5, 0.6) is 0 Å². The first-order chi connectivity index (χ1) is 7.74. The van der Waals surface area contributed by atoms with Crippen LogP contribution in [0.4, 0.5) is 0 Å². The first-order valence-electron chi connectivity index (χ1n) is 6.36. The Labute approximate surface area is 97.3 Å². The highest BCUT2D eigenvalue weighted by Crippen LogP contribution is 2.24. The van der Waals surface area contributed by atoms with Crippen molar-refractivity contribution < 1.29 is 9.53 Å². The zero-order valence-corrected chi connectivity index (χ0v) is 10.2. The van der Waals surface area contributed by atoms with Crippen LogP contribution in [0.1, 0.15) is 26.7 Å². The van der Waals surface area contributed by atoms with Crippen molar-refractivity contribution in [3.05, 3.63) is 0 Å². The average Bonchev–Trinajstić information content (AvgIpc) is 2.60. The maximum atomic E-state index is 12.4. The average molecular weight is 226 g/mol. The monoisotopic (exact) mass is 226 g/mol. The van der Waals surface area contributed by atoms with E-state index in [4.69, 9.17) is 4.74 Å². The van der Waals surface area contributed by atoms with E-state index < -0.39 is 0 Å². The lowest BCUT2D eigenvalue weighted by Gasteiger charge is -2.39. The number of nitrogens with one attached hydrogen (secondary N) is 1. The summed E-state index contributed by atoms with van der Waals surface area (Å²) >= 11 is 0. The van der Waals surface area contributed by atoms with Crippen molar-refractivity contribution in [2.45, 2.75) is 38.8 Å². The smallest absolute Gasteiger partial charge is 0.228 e. The Hall–Kier alpha value is -0.610. The molecule has 4 heteroatoms. The van der Waals surface area contributed by atoms with E-state index in [1.54, 1.807) is 0 Å². The highest BCUT2D eigenvalue weighted by atomic mass is 16.5. The second-order valence-electron chi connectivity index (χ2n) is 4.81. The third-order valence-electron chi connectivity index (χ3n) is 3.64. The molecule has 0 aromatic carbocycles. The topological polar surface area (TPSA) is 41.6 Å². The molecule has 2 rings (SSSR count). The number of amides is 1. The minimum Gasteiger partial charge on any atom is -0.378 e. The number of carbonyl (C=O) groups is 1. The van der Waals surface area contributed by atoms with Crippen LogP contribution in [0.15, 0.2) is 0 Å². The molecule has 0 aliphatic carbocycles. The Morgan fingerprint density at radius 2 is 2.25 bits per heavy atom. The predicted molar refractivity (Wildman–Crippen MR) is 62.2 cm³/mol. The van der Waals surface area contributed by atoms with Gasteiger partial charge >= 0.3 is 0 Å². The summed E-state index contributed by atoms with van der Waals surface area (Å²) in [5.41, 5.74) is 0. The van der Waals surface area contributed by atoms with E-state index in [9.17, 15) is 4.79 Å². The number of nitrogens with zero attached hydrogens (tertiary/aromatic N) is 1. The Balaban J connectivity index is 1.98. The summed E-state index contributed by atoms with van der Waals surface area (Å²) in [6.07, 6.45) is 2.02. The molecule has 2 atom stereocenters. The van der Waals surface area contributed by atoms with Crippen molar-refractivity contribution in [3.8, 4) is 0 Å². The summed E-state index contributed by atoms with van der Waals surface area (Å²) in [5.74, 6) is 0.394. The Morgan fingerprint density at radius 3 is 2.69 bits per heavy atom. The molecule has 0 spiro atoms. The molecular weight excluding hydrogens is 204 g/mol. The lowest BCUT2D eigenvalue weighted by molar-refractivity contribution is -0.140. The summed E-state index contributed by atoms with van der Waals surface area (Å²) < 4.78 is 5.48. The van der Waals surface area contributed by atoms with Crippen LogP contribution in [0, 0.1) is 5.92 Å². The molecule has 0 bridgehead atoms. The van der Waals surface area contributed by atoms with E-state index >= 15 is 0 Å². The summed E-state index contributed by atoms with van der Waals surface area (Å²) in [7, 11) is 0. The maximum Gasteiger partial charge on any atom is 0.228 e. The fourth-order valence-electron chi connectivity index (χ4n) is 2.48. The van der Waals surface area contributed by atoms with Crippen molar-refractivity contribution in [2.24, 2.45) is 5.92 Å². The zero-order chi connectivity index (χ0) is 11.5. The van der Waals surface area contributed by atoms with Gasteiger partial charge in [0.05, 0.1) is 18.1 Å². The lowest BCUT2D eigenvalue weighted by atomic mass is 9.98. The molecule has 92 valence electrons.